The van der Waals surface area contributed by atoms with Gasteiger partial charge in [0.05, 0.1) is 10.8 Å². The van der Waals surface area contributed by atoms with Gasteiger partial charge >= 0.3 is 5.97 Å². The van der Waals surface area contributed by atoms with Crippen LogP contribution in [0, 0.1) is 19.8 Å². The summed E-state index contributed by atoms with van der Waals surface area (Å²) in [6, 6.07) is 5.19. The first kappa shape index (κ1) is 15.0. The quantitative estimate of drug-likeness (QED) is 0.923. The number of sulfonamides is 1. The summed E-state index contributed by atoms with van der Waals surface area (Å²) in [5.41, 5.74) is 1.70. The van der Waals surface area contributed by atoms with Crippen molar-refractivity contribution in [3.63, 3.8) is 0 Å². The van der Waals surface area contributed by atoms with Crippen molar-refractivity contribution in [1.29, 1.82) is 0 Å². The fraction of sp³-hybridized carbons (Fsp3) is 0.500. The van der Waals surface area contributed by atoms with Gasteiger partial charge in [-0.15, -0.1) is 0 Å². The molecule has 20 heavy (non-hydrogen) atoms. The van der Waals surface area contributed by atoms with E-state index in [1.807, 2.05) is 13.0 Å². The minimum Gasteiger partial charge on any atom is -0.481 e. The Morgan fingerprint density at radius 3 is 2.65 bits per heavy atom. The van der Waals surface area contributed by atoms with Gasteiger partial charge in [0.25, 0.3) is 0 Å². The largest absolute Gasteiger partial charge is 0.481 e. The topological polar surface area (TPSA) is 74.7 Å². The first-order chi connectivity index (χ1) is 9.32. The number of carboxylic acid groups (broad SMARTS) is 1. The van der Waals surface area contributed by atoms with Crippen LogP contribution >= 0.6 is 0 Å². The van der Waals surface area contributed by atoms with Crippen molar-refractivity contribution in [3.8, 4) is 0 Å². The molecule has 0 bridgehead atoms. The van der Waals surface area contributed by atoms with Gasteiger partial charge in [-0.3, -0.25) is 4.79 Å². The number of aliphatic carboxylic acids is 1. The maximum Gasteiger partial charge on any atom is 0.307 e. The highest BCUT2D eigenvalue weighted by atomic mass is 32.2. The van der Waals surface area contributed by atoms with Crippen molar-refractivity contribution in [3.05, 3.63) is 29.3 Å². The molecule has 0 amide bonds. The van der Waals surface area contributed by atoms with Crippen molar-refractivity contribution in [2.75, 3.05) is 13.1 Å². The van der Waals surface area contributed by atoms with Gasteiger partial charge < -0.3 is 5.11 Å². The van der Waals surface area contributed by atoms with Crippen LogP contribution in [0.1, 0.15) is 24.0 Å². The van der Waals surface area contributed by atoms with Gasteiger partial charge in [-0.05, 0) is 38.3 Å². The molecule has 5 nitrogen and oxygen atoms in total. The summed E-state index contributed by atoms with van der Waals surface area (Å²) < 4.78 is 26.5. The number of hydrogen-bond acceptors (Lipinski definition) is 3. The third-order valence-corrected chi connectivity index (χ3v) is 5.71. The highest BCUT2D eigenvalue weighted by Crippen LogP contribution is 2.26. The molecule has 1 atom stereocenters. The Balaban J connectivity index is 2.32. The molecule has 0 saturated carbocycles. The van der Waals surface area contributed by atoms with E-state index in [0.29, 0.717) is 24.9 Å². The van der Waals surface area contributed by atoms with Crippen molar-refractivity contribution < 1.29 is 18.3 Å². The average molecular weight is 297 g/mol. The van der Waals surface area contributed by atoms with Crippen LogP contribution in [-0.2, 0) is 14.8 Å². The molecule has 0 spiro atoms. The van der Waals surface area contributed by atoms with Crippen LogP contribution in [0.15, 0.2) is 23.1 Å². The van der Waals surface area contributed by atoms with Crippen molar-refractivity contribution in [2.24, 2.45) is 5.92 Å². The van der Waals surface area contributed by atoms with E-state index < -0.39 is 21.9 Å². The zero-order valence-electron chi connectivity index (χ0n) is 11.7. The van der Waals surface area contributed by atoms with Gasteiger partial charge in [0.2, 0.25) is 10.0 Å². The molecule has 6 heteroatoms. The monoisotopic (exact) mass is 297 g/mol. The van der Waals surface area contributed by atoms with E-state index in [2.05, 4.69) is 0 Å². The summed E-state index contributed by atoms with van der Waals surface area (Å²) >= 11 is 0. The number of piperidine rings is 1. The van der Waals surface area contributed by atoms with Gasteiger partial charge in [0.1, 0.15) is 0 Å². The lowest BCUT2D eigenvalue weighted by Gasteiger charge is -2.30. The predicted molar refractivity (Wildman–Crippen MR) is 75.0 cm³/mol. The molecule has 0 aromatic heterocycles. The summed E-state index contributed by atoms with van der Waals surface area (Å²) in [5.74, 6) is -1.53. The second-order valence-electron chi connectivity index (χ2n) is 5.31. The fourth-order valence-electron chi connectivity index (χ4n) is 2.59. The number of rotatable bonds is 3. The van der Waals surface area contributed by atoms with Crippen LogP contribution in [0.25, 0.3) is 0 Å². The molecule has 1 aliphatic heterocycles. The van der Waals surface area contributed by atoms with E-state index in [1.165, 1.54) is 4.31 Å². The van der Waals surface area contributed by atoms with E-state index in [-0.39, 0.29) is 11.4 Å². The molecule has 1 saturated heterocycles. The SMILES string of the molecule is Cc1ccc(S(=O)(=O)N2CCCC(C(=O)O)C2)c(C)c1. The molecule has 1 heterocycles. The highest BCUT2D eigenvalue weighted by molar-refractivity contribution is 7.89. The number of carbonyl (C=O) groups is 1. The number of nitrogens with zero attached hydrogens (tertiary/aromatic N) is 1. The molecule has 0 aliphatic carbocycles. The average Bonchev–Trinajstić information content (AvgIpc) is 2.38. The standard InChI is InChI=1S/C14H19NO4S/c1-10-5-6-13(11(2)8-10)20(18,19)15-7-3-4-12(9-15)14(16)17/h5-6,8,12H,3-4,7,9H2,1-2H3,(H,16,17). The van der Waals surface area contributed by atoms with E-state index in [4.69, 9.17) is 5.11 Å². The second kappa shape index (κ2) is 5.54. The van der Waals surface area contributed by atoms with Crippen LogP contribution in [0.5, 0.6) is 0 Å². The van der Waals surface area contributed by atoms with Crippen LogP contribution in [0.4, 0.5) is 0 Å². The first-order valence-electron chi connectivity index (χ1n) is 6.62. The lowest BCUT2D eigenvalue weighted by Crippen LogP contribution is -2.42. The summed E-state index contributed by atoms with van der Waals surface area (Å²) in [6.45, 7) is 4.12. The van der Waals surface area contributed by atoms with Crippen LogP contribution in [0.2, 0.25) is 0 Å². The normalized spacial score (nSPS) is 20.8. The van der Waals surface area contributed by atoms with Gasteiger partial charge in [0, 0.05) is 13.1 Å². The Hall–Kier alpha value is -1.40. The third kappa shape index (κ3) is 2.86. The van der Waals surface area contributed by atoms with Crippen molar-refractivity contribution in [1.82, 2.24) is 4.31 Å². The number of carboxylic acids is 1. The molecule has 1 unspecified atom stereocenters. The molecule has 1 N–H and O–H groups in total. The molecular weight excluding hydrogens is 278 g/mol. The Bertz CT molecular complexity index is 624. The summed E-state index contributed by atoms with van der Waals surface area (Å²) in [4.78, 5) is 11.3. The summed E-state index contributed by atoms with van der Waals surface area (Å²) in [7, 11) is -3.61. The lowest BCUT2D eigenvalue weighted by atomic mass is 10.0. The third-order valence-electron chi connectivity index (χ3n) is 3.68. The lowest BCUT2D eigenvalue weighted by molar-refractivity contribution is -0.142. The van der Waals surface area contributed by atoms with Crippen LogP contribution in [0.3, 0.4) is 0 Å². The number of aryl methyl sites for hydroxylation is 2. The van der Waals surface area contributed by atoms with Crippen molar-refractivity contribution >= 4 is 16.0 Å². The molecule has 1 fully saturated rings. The summed E-state index contributed by atoms with van der Waals surface area (Å²) in [5, 5.41) is 9.06. The van der Waals surface area contributed by atoms with Gasteiger partial charge in [-0.25, -0.2) is 8.42 Å². The van der Waals surface area contributed by atoms with Gasteiger partial charge in [-0.2, -0.15) is 4.31 Å². The van der Waals surface area contributed by atoms with Crippen LogP contribution in [-0.4, -0.2) is 36.9 Å². The van der Waals surface area contributed by atoms with E-state index in [9.17, 15) is 13.2 Å². The Labute approximate surface area is 119 Å². The van der Waals surface area contributed by atoms with Gasteiger partial charge in [-0.1, -0.05) is 17.7 Å². The Kier molecular flexibility index (Phi) is 4.15. The number of hydrogen-bond donors (Lipinski definition) is 1. The highest BCUT2D eigenvalue weighted by Gasteiger charge is 2.33. The maximum absolute atomic E-state index is 12.6. The molecule has 2 rings (SSSR count). The second-order valence-corrected chi connectivity index (χ2v) is 7.22. The van der Waals surface area contributed by atoms with E-state index in [1.54, 1.807) is 19.1 Å². The predicted octanol–water partition coefficient (Wildman–Crippen LogP) is 1.79. The zero-order chi connectivity index (χ0) is 14.9. The number of benzene rings is 1. The Morgan fingerprint density at radius 2 is 2.05 bits per heavy atom. The molecule has 0 radical (unpaired) electrons. The first-order valence-corrected chi connectivity index (χ1v) is 8.06. The maximum atomic E-state index is 12.6. The van der Waals surface area contributed by atoms with Crippen molar-refractivity contribution in [2.45, 2.75) is 31.6 Å². The van der Waals surface area contributed by atoms with Gasteiger partial charge in [0.15, 0.2) is 0 Å². The Morgan fingerprint density at radius 1 is 1.35 bits per heavy atom. The summed E-state index contributed by atoms with van der Waals surface area (Å²) in [6.07, 6.45) is 1.12. The molecular formula is C14H19NO4S. The minimum atomic E-state index is -3.61. The van der Waals surface area contributed by atoms with E-state index >= 15 is 0 Å². The molecule has 1 aromatic carbocycles. The molecule has 1 aromatic rings. The molecule has 110 valence electrons. The fourth-order valence-corrected chi connectivity index (χ4v) is 4.32. The molecule has 1 aliphatic rings. The minimum absolute atomic E-state index is 0.0605. The van der Waals surface area contributed by atoms with E-state index in [0.717, 1.165) is 5.56 Å². The smallest absolute Gasteiger partial charge is 0.307 e. The van der Waals surface area contributed by atoms with Crippen LogP contribution < -0.4 is 0 Å². The zero-order valence-corrected chi connectivity index (χ0v) is 12.5.